The van der Waals surface area contributed by atoms with E-state index in [9.17, 15) is 0 Å². The first kappa shape index (κ1) is 17.6. The van der Waals surface area contributed by atoms with Crippen molar-refractivity contribution in [2.45, 2.75) is 0 Å². The average Bonchev–Trinajstić information content (AvgIpc) is 2.57. The van der Waals surface area contributed by atoms with Crippen molar-refractivity contribution in [2.75, 3.05) is 0 Å². The first-order valence-corrected chi connectivity index (χ1v) is 10.8. The standard InChI is InChI=1S/C18H15Cl2P.Ru/c19-21(20,16-10-4-1-5-11-16,17-12-6-2-7-13-17)18-14-8-3-9-15-18;/h1-15H;. The Kier molecular flexibility index (Phi) is 5.47. The average molecular weight is 434 g/mol. The first-order valence-electron chi connectivity index (χ1n) is 6.74. The number of halogens is 2. The molecule has 0 spiro atoms. The van der Waals surface area contributed by atoms with Crippen molar-refractivity contribution < 1.29 is 19.5 Å². The van der Waals surface area contributed by atoms with Crippen LogP contribution in [0.4, 0.5) is 0 Å². The molecule has 3 aromatic carbocycles. The van der Waals surface area contributed by atoms with Crippen LogP contribution >= 0.6 is 27.8 Å². The molecule has 0 saturated carbocycles. The van der Waals surface area contributed by atoms with Gasteiger partial charge in [-0.25, -0.2) is 0 Å². The van der Waals surface area contributed by atoms with E-state index < -0.39 is 5.31 Å². The zero-order valence-electron chi connectivity index (χ0n) is 11.7. The number of benzene rings is 3. The fourth-order valence-electron chi connectivity index (χ4n) is 2.52. The summed E-state index contributed by atoms with van der Waals surface area (Å²) in [5.74, 6) is 0. The van der Waals surface area contributed by atoms with E-state index >= 15 is 0 Å². The van der Waals surface area contributed by atoms with Gasteiger partial charge in [-0.2, -0.15) is 0 Å². The fraction of sp³-hybridized carbons (Fsp3) is 0. The quantitative estimate of drug-likeness (QED) is 0.410. The Balaban J connectivity index is 0.00000176. The van der Waals surface area contributed by atoms with Crippen LogP contribution in [0, 0.1) is 0 Å². The maximum Gasteiger partial charge on any atom is 0 e. The van der Waals surface area contributed by atoms with Gasteiger partial charge in [-0.3, -0.25) is 0 Å². The van der Waals surface area contributed by atoms with Gasteiger partial charge in [-0.1, -0.05) is 0 Å². The van der Waals surface area contributed by atoms with E-state index in [0.717, 1.165) is 15.9 Å². The number of rotatable bonds is 3. The molecule has 0 saturated heterocycles. The Bertz CT molecular complexity index is 627. The molecule has 0 amide bonds. The largest absolute Gasteiger partial charge is 0 e. The van der Waals surface area contributed by atoms with Crippen molar-refractivity contribution in [1.29, 1.82) is 0 Å². The van der Waals surface area contributed by atoms with Crippen LogP contribution in [0.15, 0.2) is 91.0 Å². The molecular weight excluding hydrogens is 419 g/mol. The van der Waals surface area contributed by atoms with Gasteiger partial charge in [-0.05, 0) is 0 Å². The van der Waals surface area contributed by atoms with E-state index in [4.69, 9.17) is 22.5 Å². The van der Waals surface area contributed by atoms with E-state index in [-0.39, 0.29) is 19.5 Å². The second-order valence-electron chi connectivity index (χ2n) is 4.91. The minimum Gasteiger partial charge on any atom is 0 e. The molecule has 0 aliphatic heterocycles. The van der Waals surface area contributed by atoms with Crippen LogP contribution in [0.25, 0.3) is 0 Å². The molecule has 114 valence electrons. The smallest absolute Gasteiger partial charge is 0 e. The van der Waals surface area contributed by atoms with E-state index in [2.05, 4.69) is 0 Å². The second kappa shape index (κ2) is 6.81. The zero-order chi connectivity index (χ0) is 14.8. The molecule has 3 rings (SSSR count). The molecule has 0 atom stereocenters. The normalized spacial score (nSPS) is 12.7. The van der Waals surface area contributed by atoms with Gasteiger partial charge in [0.05, 0.1) is 0 Å². The predicted octanol–water partition coefficient (Wildman–Crippen LogP) is 4.82. The summed E-state index contributed by atoms with van der Waals surface area (Å²) in [4.78, 5) is 0. The van der Waals surface area contributed by atoms with Gasteiger partial charge < -0.3 is 0 Å². The molecule has 22 heavy (non-hydrogen) atoms. The molecule has 0 aromatic heterocycles. The van der Waals surface area contributed by atoms with E-state index in [0.29, 0.717) is 0 Å². The van der Waals surface area contributed by atoms with Gasteiger partial charge >= 0.3 is 135 Å². The first-order chi connectivity index (χ1) is 10.1. The van der Waals surface area contributed by atoms with Crippen LogP contribution in [0.3, 0.4) is 0 Å². The minimum atomic E-state index is -3.43. The summed E-state index contributed by atoms with van der Waals surface area (Å²) < 4.78 is 0. The maximum atomic E-state index is 7.27. The molecule has 0 aliphatic carbocycles. The number of hydrogen-bond donors (Lipinski definition) is 0. The zero-order valence-corrected chi connectivity index (χ0v) is 15.9. The number of hydrogen-bond acceptors (Lipinski definition) is 0. The van der Waals surface area contributed by atoms with E-state index in [1.165, 1.54) is 0 Å². The maximum absolute atomic E-state index is 7.27. The molecule has 0 heterocycles. The Morgan fingerprint density at radius 2 is 0.682 bits per heavy atom. The molecule has 0 aliphatic rings. The minimum absolute atomic E-state index is 0. The van der Waals surface area contributed by atoms with Crippen molar-refractivity contribution in [3.63, 3.8) is 0 Å². The molecule has 0 N–H and O–H groups in total. The van der Waals surface area contributed by atoms with Crippen LogP contribution in [0.2, 0.25) is 0 Å². The van der Waals surface area contributed by atoms with Crippen molar-refractivity contribution in [1.82, 2.24) is 0 Å². The summed E-state index contributed by atoms with van der Waals surface area (Å²) in [5, 5.41) is -0.543. The predicted molar refractivity (Wildman–Crippen MR) is 96.9 cm³/mol. The van der Waals surface area contributed by atoms with Gasteiger partial charge in [0.2, 0.25) is 0 Å². The van der Waals surface area contributed by atoms with Crippen molar-refractivity contribution in [3.8, 4) is 0 Å². The Hall–Kier alpha value is -0.707. The van der Waals surface area contributed by atoms with Crippen molar-refractivity contribution in [3.05, 3.63) is 91.0 Å². The molecule has 0 unspecified atom stereocenters. The Morgan fingerprint density at radius 1 is 0.455 bits per heavy atom. The third-order valence-electron chi connectivity index (χ3n) is 3.63. The summed E-state index contributed by atoms with van der Waals surface area (Å²) in [7, 11) is 0. The molecule has 0 radical (unpaired) electrons. The third kappa shape index (κ3) is 2.89. The fourth-order valence-corrected chi connectivity index (χ4v) is 7.53. The summed E-state index contributed by atoms with van der Waals surface area (Å²) in [6.45, 7) is 0. The topological polar surface area (TPSA) is 0 Å². The molecule has 4 heteroatoms. The van der Waals surface area contributed by atoms with E-state index in [1.54, 1.807) is 0 Å². The van der Waals surface area contributed by atoms with E-state index in [1.807, 2.05) is 91.0 Å². The summed E-state index contributed by atoms with van der Waals surface area (Å²) in [6.07, 6.45) is 0. The van der Waals surface area contributed by atoms with Crippen LogP contribution < -0.4 is 15.9 Å². The summed E-state index contributed by atoms with van der Waals surface area (Å²) in [5.41, 5.74) is 0. The molecule has 3 aromatic rings. The molecule has 0 nitrogen and oxygen atoms in total. The van der Waals surface area contributed by atoms with Gasteiger partial charge in [0, 0.05) is 19.5 Å². The summed E-state index contributed by atoms with van der Waals surface area (Å²) >= 11 is 14.5. The Labute approximate surface area is 153 Å². The third-order valence-corrected chi connectivity index (χ3v) is 10.8. The molecule has 0 bridgehead atoms. The van der Waals surface area contributed by atoms with Gasteiger partial charge in [-0.15, -0.1) is 0 Å². The van der Waals surface area contributed by atoms with Gasteiger partial charge in [0.15, 0.2) is 0 Å². The van der Waals surface area contributed by atoms with Crippen LogP contribution in [-0.4, -0.2) is 0 Å². The molecule has 0 fully saturated rings. The summed E-state index contributed by atoms with van der Waals surface area (Å²) in [6, 6.07) is 29.9. The monoisotopic (exact) mass is 434 g/mol. The SMILES string of the molecule is ClP(Cl)(c1ccccc1)(c1ccccc1)c1ccccc1.[Ru]. The van der Waals surface area contributed by atoms with Gasteiger partial charge in [0.1, 0.15) is 0 Å². The van der Waals surface area contributed by atoms with Crippen molar-refractivity contribution in [2.24, 2.45) is 0 Å². The van der Waals surface area contributed by atoms with Crippen LogP contribution in [-0.2, 0) is 19.5 Å². The van der Waals surface area contributed by atoms with Crippen molar-refractivity contribution >= 4 is 43.7 Å². The van der Waals surface area contributed by atoms with Crippen LogP contribution in [0.5, 0.6) is 0 Å². The second-order valence-corrected chi connectivity index (χ2v) is 12.9. The van der Waals surface area contributed by atoms with Gasteiger partial charge in [0.25, 0.3) is 0 Å². The van der Waals surface area contributed by atoms with Crippen LogP contribution in [0.1, 0.15) is 0 Å². The Morgan fingerprint density at radius 3 is 0.909 bits per heavy atom. The molecular formula is C18H15Cl2PRu.